The Morgan fingerprint density at radius 2 is 2.27 bits per heavy atom. The Morgan fingerprint density at radius 1 is 1.53 bits per heavy atom. The summed E-state index contributed by atoms with van der Waals surface area (Å²) in [7, 11) is 1.71. The molecular formula is C10H16IN3O. The van der Waals surface area contributed by atoms with Crippen LogP contribution in [0.15, 0.2) is 12.5 Å². The molecule has 0 saturated carbocycles. The Bertz CT molecular complexity index is 306. The first-order valence-corrected chi connectivity index (χ1v) is 5.95. The Labute approximate surface area is 104 Å². The molecule has 0 saturated heterocycles. The Kier molecular flexibility index (Phi) is 5.24. The molecule has 5 heteroatoms. The van der Waals surface area contributed by atoms with Crippen molar-refractivity contribution in [2.24, 2.45) is 0 Å². The van der Waals surface area contributed by atoms with E-state index in [4.69, 9.17) is 4.74 Å². The zero-order valence-electron chi connectivity index (χ0n) is 9.27. The lowest BCUT2D eigenvalue weighted by Crippen LogP contribution is -2.35. The second kappa shape index (κ2) is 6.22. The van der Waals surface area contributed by atoms with Crippen LogP contribution in [0.3, 0.4) is 0 Å². The van der Waals surface area contributed by atoms with E-state index in [0.717, 1.165) is 15.9 Å². The number of aromatic nitrogens is 2. The van der Waals surface area contributed by atoms with Gasteiger partial charge in [0.1, 0.15) is 12.1 Å². The third-order valence-electron chi connectivity index (χ3n) is 2.08. The van der Waals surface area contributed by atoms with Crippen LogP contribution in [0, 0.1) is 3.57 Å². The van der Waals surface area contributed by atoms with Gasteiger partial charge in [0.05, 0.1) is 10.2 Å². The lowest BCUT2D eigenvalue weighted by Gasteiger charge is -2.28. The van der Waals surface area contributed by atoms with Crippen LogP contribution in [0.2, 0.25) is 0 Å². The summed E-state index contributed by atoms with van der Waals surface area (Å²) < 4.78 is 6.17. The van der Waals surface area contributed by atoms with Crippen LogP contribution in [0.25, 0.3) is 0 Å². The number of nitrogens with zero attached hydrogens (tertiary/aromatic N) is 3. The average Bonchev–Trinajstić information content (AvgIpc) is 2.20. The quantitative estimate of drug-likeness (QED) is 0.777. The fraction of sp³-hybridized carbons (Fsp3) is 0.600. The largest absolute Gasteiger partial charge is 0.383 e. The SMILES string of the molecule is COCCN(c1ncncc1I)C(C)C. The molecule has 1 rings (SSSR count). The van der Waals surface area contributed by atoms with E-state index in [0.29, 0.717) is 12.6 Å². The molecule has 0 N–H and O–H groups in total. The molecule has 1 aromatic heterocycles. The maximum atomic E-state index is 5.10. The summed E-state index contributed by atoms with van der Waals surface area (Å²) in [5.41, 5.74) is 0. The van der Waals surface area contributed by atoms with E-state index in [1.807, 2.05) is 6.20 Å². The van der Waals surface area contributed by atoms with Crippen molar-refractivity contribution in [3.8, 4) is 0 Å². The fourth-order valence-corrected chi connectivity index (χ4v) is 1.93. The van der Waals surface area contributed by atoms with Crippen molar-refractivity contribution >= 4 is 28.4 Å². The highest BCUT2D eigenvalue weighted by atomic mass is 127. The van der Waals surface area contributed by atoms with Crippen LogP contribution in [0.1, 0.15) is 13.8 Å². The molecule has 0 fully saturated rings. The van der Waals surface area contributed by atoms with E-state index in [1.54, 1.807) is 13.4 Å². The number of halogens is 1. The highest BCUT2D eigenvalue weighted by molar-refractivity contribution is 14.1. The zero-order chi connectivity index (χ0) is 11.3. The minimum absolute atomic E-state index is 0.406. The van der Waals surface area contributed by atoms with Gasteiger partial charge < -0.3 is 9.64 Å². The number of ether oxygens (including phenoxy) is 1. The van der Waals surface area contributed by atoms with E-state index in [1.165, 1.54) is 0 Å². The zero-order valence-corrected chi connectivity index (χ0v) is 11.4. The number of hydrogen-bond acceptors (Lipinski definition) is 4. The van der Waals surface area contributed by atoms with Gasteiger partial charge in [-0.3, -0.25) is 0 Å². The van der Waals surface area contributed by atoms with Crippen molar-refractivity contribution in [1.29, 1.82) is 0 Å². The number of hydrogen-bond donors (Lipinski definition) is 0. The summed E-state index contributed by atoms with van der Waals surface area (Å²) in [5, 5.41) is 0. The fourth-order valence-electron chi connectivity index (χ4n) is 1.32. The van der Waals surface area contributed by atoms with Gasteiger partial charge in [-0.25, -0.2) is 9.97 Å². The standard InChI is InChI=1S/C10H16IN3O/c1-8(2)14(4-5-15-3)10-9(11)6-12-7-13-10/h6-8H,4-5H2,1-3H3. The van der Waals surface area contributed by atoms with Crippen LogP contribution in [0.4, 0.5) is 5.82 Å². The molecule has 0 aliphatic rings. The molecule has 0 atom stereocenters. The number of anilines is 1. The van der Waals surface area contributed by atoms with Crippen LogP contribution in [-0.4, -0.2) is 36.3 Å². The smallest absolute Gasteiger partial charge is 0.145 e. The summed E-state index contributed by atoms with van der Waals surface area (Å²) in [4.78, 5) is 10.5. The van der Waals surface area contributed by atoms with E-state index >= 15 is 0 Å². The van der Waals surface area contributed by atoms with Crippen molar-refractivity contribution in [3.05, 3.63) is 16.1 Å². The Hall–Kier alpha value is -0.430. The second-order valence-corrected chi connectivity index (χ2v) is 4.64. The van der Waals surface area contributed by atoms with Gasteiger partial charge >= 0.3 is 0 Å². The summed E-state index contributed by atoms with van der Waals surface area (Å²) in [5.74, 6) is 0.984. The number of rotatable bonds is 5. The van der Waals surface area contributed by atoms with E-state index < -0.39 is 0 Å². The highest BCUT2D eigenvalue weighted by Gasteiger charge is 2.14. The first-order valence-electron chi connectivity index (χ1n) is 4.88. The van der Waals surface area contributed by atoms with Crippen molar-refractivity contribution in [3.63, 3.8) is 0 Å². The lowest BCUT2D eigenvalue weighted by atomic mass is 10.3. The minimum Gasteiger partial charge on any atom is -0.383 e. The summed E-state index contributed by atoms with van der Waals surface area (Å²) >= 11 is 2.25. The highest BCUT2D eigenvalue weighted by Crippen LogP contribution is 2.19. The third-order valence-corrected chi connectivity index (χ3v) is 2.84. The predicted molar refractivity (Wildman–Crippen MR) is 69.1 cm³/mol. The van der Waals surface area contributed by atoms with Gasteiger partial charge in [0.2, 0.25) is 0 Å². The molecule has 1 heterocycles. The molecule has 4 nitrogen and oxygen atoms in total. The minimum atomic E-state index is 0.406. The Morgan fingerprint density at radius 3 is 2.80 bits per heavy atom. The molecule has 0 aliphatic carbocycles. The van der Waals surface area contributed by atoms with Gasteiger partial charge in [-0.15, -0.1) is 0 Å². The maximum absolute atomic E-state index is 5.10. The lowest BCUT2D eigenvalue weighted by molar-refractivity contribution is 0.203. The second-order valence-electron chi connectivity index (χ2n) is 3.47. The van der Waals surface area contributed by atoms with Gasteiger partial charge in [-0.05, 0) is 36.4 Å². The molecule has 1 aromatic rings. The van der Waals surface area contributed by atoms with Crippen LogP contribution >= 0.6 is 22.6 Å². The van der Waals surface area contributed by atoms with E-state index in [2.05, 4.69) is 51.3 Å². The molecule has 0 aliphatic heterocycles. The van der Waals surface area contributed by atoms with Crippen molar-refractivity contribution in [2.45, 2.75) is 19.9 Å². The monoisotopic (exact) mass is 321 g/mol. The summed E-state index contributed by atoms with van der Waals surface area (Å²) in [6, 6.07) is 0.406. The summed E-state index contributed by atoms with van der Waals surface area (Å²) in [6.45, 7) is 5.85. The molecule has 0 radical (unpaired) electrons. The molecule has 0 amide bonds. The van der Waals surface area contributed by atoms with Gasteiger partial charge in [-0.2, -0.15) is 0 Å². The average molecular weight is 321 g/mol. The number of methoxy groups -OCH3 is 1. The van der Waals surface area contributed by atoms with E-state index in [9.17, 15) is 0 Å². The molecule has 0 spiro atoms. The molecule has 0 unspecified atom stereocenters. The van der Waals surface area contributed by atoms with Crippen molar-refractivity contribution < 1.29 is 4.74 Å². The molecule has 0 bridgehead atoms. The molecule has 0 aromatic carbocycles. The first kappa shape index (κ1) is 12.6. The van der Waals surface area contributed by atoms with Gasteiger partial charge in [-0.1, -0.05) is 0 Å². The Balaban J connectivity index is 2.84. The summed E-state index contributed by atoms with van der Waals surface area (Å²) in [6.07, 6.45) is 3.41. The van der Waals surface area contributed by atoms with Crippen LogP contribution in [-0.2, 0) is 4.74 Å². The normalized spacial score (nSPS) is 10.7. The van der Waals surface area contributed by atoms with Crippen LogP contribution in [0.5, 0.6) is 0 Å². The predicted octanol–water partition coefficient (Wildman–Crippen LogP) is 1.94. The van der Waals surface area contributed by atoms with Gasteiger partial charge in [0.25, 0.3) is 0 Å². The molecule has 15 heavy (non-hydrogen) atoms. The molecule has 84 valence electrons. The van der Waals surface area contributed by atoms with Crippen LogP contribution < -0.4 is 4.90 Å². The van der Waals surface area contributed by atoms with Crippen molar-refractivity contribution in [1.82, 2.24) is 9.97 Å². The van der Waals surface area contributed by atoms with Gasteiger partial charge in [0, 0.05) is 25.9 Å². The topological polar surface area (TPSA) is 38.2 Å². The first-order chi connectivity index (χ1) is 7.16. The van der Waals surface area contributed by atoms with Gasteiger partial charge in [0.15, 0.2) is 0 Å². The van der Waals surface area contributed by atoms with E-state index in [-0.39, 0.29) is 0 Å². The third kappa shape index (κ3) is 3.57. The molecular weight excluding hydrogens is 305 g/mol. The maximum Gasteiger partial charge on any atom is 0.145 e. The van der Waals surface area contributed by atoms with Crippen molar-refractivity contribution in [2.75, 3.05) is 25.2 Å².